The first kappa shape index (κ1) is 8.91. The first-order valence-electron chi connectivity index (χ1n) is 2.62. The summed E-state index contributed by atoms with van der Waals surface area (Å²) in [7, 11) is -2.11. The van der Waals surface area contributed by atoms with Gasteiger partial charge in [0.1, 0.15) is 0 Å². The lowest BCUT2D eigenvalue weighted by molar-refractivity contribution is 0.627. The van der Waals surface area contributed by atoms with E-state index in [0.29, 0.717) is 0 Å². The molecular formula is C7H8O2S. The molecule has 3 heteroatoms. The molecule has 0 atom stereocenters. The van der Waals surface area contributed by atoms with E-state index in [0.717, 1.165) is 0 Å². The molecular weight excluding hydrogens is 148 g/mol. The second-order valence-electron chi connectivity index (χ2n) is 1.46. The molecule has 0 unspecified atom stereocenters. The molecule has 1 rings (SSSR count). The van der Waals surface area contributed by atoms with Crippen LogP contribution in [0.25, 0.3) is 0 Å². The fourth-order valence-electron chi connectivity index (χ4n) is 0.385. The molecule has 0 aliphatic heterocycles. The highest BCUT2D eigenvalue weighted by Gasteiger charge is 1.57. The molecule has 0 radical (unpaired) electrons. The Morgan fingerprint density at radius 2 is 0.900 bits per heavy atom. The third kappa shape index (κ3) is 10.0. The maximum atomic E-state index is 8.89. The molecule has 1 aromatic rings. The number of hydrogen-bond acceptors (Lipinski definition) is 2. The van der Waals surface area contributed by atoms with E-state index in [1.807, 2.05) is 36.4 Å². The summed E-state index contributed by atoms with van der Waals surface area (Å²) in [5.74, 6) is 2.56. The van der Waals surface area contributed by atoms with Gasteiger partial charge in [-0.25, -0.2) is 0 Å². The van der Waals surface area contributed by atoms with Crippen LogP contribution in [0.4, 0.5) is 0 Å². The molecule has 0 amide bonds. The van der Waals surface area contributed by atoms with Gasteiger partial charge in [0.15, 0.2) is 0 Å². The Hall–Kier alpha value is -1.09. The second kappa shape index (κ2) is 6.04. The average molecular weight is 156 g/mol. The molecule has 2 nitrogen and oxygen atoms in total. The Kier molecular flexibility index (Phi) is 5.38. The predicted octanol–water partition coefficient (Wildman–Crippen LogP) is 0.984. The molecule has 0 fully saturated rings. The van der Waals surface area contributed by atoms with Crippen molar-refractivity contribution in [1.29, 1.82) is 0 Å². The van der Waals surface area contributed by atoms with Crippen LogP contribution >= 0.6 is 0 Å². The van der Waals surface area contributed by atoms with Crippen molar-refractivity contribution in [3.05, 3.63) is 36.4 Å². The normalized spacial score (nSPS) is 7.20. The van der Waals surface area contributed by atoms with Crippen LogP contribution in [0.5, 0.6) is 0 Å². The van der Waals surface area contributed by atoms with Gasteiger partial charge < -0.3 is 0 Å². The Labute approximate surface area is 61.7 Å². The molecule has 0 aliphatic carbocycles. The van der Waals surface area contributed by atoms with Crippen LogP contribution in [-0.4, -0.2) is 14.3 Å². The molecule has 0 aromatic heterocycles. The fourth-order valence-corrected chi connectivity index (χ4v) is 0.385. The molecule has 0 aliphatic rings. The van der Waals surface area contributed by atoms with Crippen molar-refractivity contribution < 1.29 is 8.42 Å². The molecule has 0 bridgehead atoms. The van der Waals surface area contributed by atoms with E-state index in [1.165, 1.54) is 0 Å². The van der Waals surface area contributed by atoms with Crippen molar-refractivity contribution in [2.75, 3.05) is 0 Å². The lowest BCUT2D eigenvalue weighted by atomic mass is 10.4. The van der Waals surface area contributed by atoms with Gasteiger partial charge >= 0.3 is 0 Å². The molecule has 0 heterocycles. The highest BCUT2D eigenvalue weighted by Crippen LogP contribution is 1.79. The Balaban J connectivity index is 0.000000180. The van der Waals surface area contributed by atoms with Crippen molar-refractivity contribution in [3.8, 4) is 0 Å². The van der Waals surface area contributed by atoms with E-state index in [1.54, 1.807) is 0 Å². The molecule has 0 N–H and O–H groups in total. The third-order valence-corrected chi connectivity index (χ3v) is 0.667. The van der Waals surface area contributed by atoms with E-state index in [2.05, 4.69) is 5.87 Å². The third-order valence-electron chi connectivity index (χ3n) is 0.667. The lowest BCUT2D eigenvalue weighted by Gasteiger charge is -1.69. The molecule has 0 saturated carbocycles. The quantitative estimate of drug-likeness (QED) is 0.525. The lowest BCUT2D eigenvalue weighted by Crippen LogP contribution is -1.47. The van der Waals surface area contributed by atoms with Crippen LogP contribution in [0.2, 0.25) is 0 Å². The standard InChI is InChI=1S/C6H6.CH2O2S/c1-2-4-6-5-3-1;1-4(2)3/h1-6H;1H2. The minimum Gasteiger partial charge on any atom is -0.185 e. The van der Waals surface area contributed by atoms with Gasteiger partial charge in [-0.2, -0.15) is 8.42 Å². The van der Waals surface area contributed by atoms with Gasteiger partial charge in [0.05, 0.1) is 0 Å². The van der Waals surface area contributed by atoms with Crippen molar-refractivity contribution in [2.45, 2.75) is 0 Å². The van der Waals surface area contributed by atoms with Crippen LogP contribution in [0.15, 0.2) is 36.4 Å². The Bertz CT molecular complexity index is 214. The van der Waals surface area contributed by atoms with Crippen LogP contribution in [0, 0.1) is 0 Å². The molecule has 0 saturated heterocycles. The summed E-state index contributed by atoms with van der Waals surface area (Å²) in [5.41, 5.74) is 0. The zero-order valence-corrected chi connectivity index (χ0v) is 6.21. The van der Waals surface area contributed by atoms with E-state index in [9.17, 15) is 0 Å². The maximum absolute atomic E-state index is 8.89. The van der Waals surface area contributed by atoms with Crippen LogP contribution in [0.3, 0.4) is 0 Å². The van der Waals surface area contributed by atoms with Gasteiger partial charge in [-0.1, -0.05) is 36.4 Å². The van der Waals surface area contributed by atoms with Gasteiger partial charge in [-0.3, -0.25) is 0 Å². The Morgan fingerprint density at radius 3 is 1.00 bits per heavy atom. The van der Waals surface area contributed by atoms with Crippen molar-refractivity contribution in [1.82, 2.24) is 0 Å². The van der Waals surface area contributed by atoms with Crippen molar-refractivity contribution in [3.63, 3.8) is 0 Å². The fraction of sp³-hybridized carbons (Fsp3) is 0. The SMILES string of the molecule is C=S(=O)=O.c1ccccc1. The summed E-state index contributed by atoms with van der Waals surface area (Å²) in [4.78, 5) is 0. The van der Waals surface area contributed by atoms with E-state index < -0.39 is 10.3 Å². The van der Waals surface area contributed by atoms with Crippen molar-refractivity contribution >= 4 is 16.2 Å². The number of benzene rings is 1. The molecule has 1 aromatic carbocycles. The summed E-state index contributed by atoms with van der Waals surface area (Å²) in [6, 6.07) is 12.0. The largest absolute Gasteiger partial charge is 0.206 e. The van der Waals surface area contributed by atoms with Gasteiger partial charge in [-0.15, -0.1) is 0 Å². The van der Waals surface area contributed by atoms with Crippen LogP contribution in [-0.2, 0) is 10.3 Å². The summed E-state index contributed by atoms with van der Waals surface area (Å²) >= 11 is 0. The topological polar surface area (TPSA) is 34.1 Å². The van der Waals surface area contributed by atoms with E-state index in [-0.39, 0.29) is 0 Å². The highest BCUT2D eigenvalue weighted by molar-refractivity contribution is 7.70. The Morgan fingerprint density at radius 1 is 0.800 bits per heavy atom. The van der Waals surface area contributed by atoms with E-state index in [4.69, 9.17) is 8.42 Å². The van der Waals surface area contributed by atoms with E-state index >= 15 is 0 Å². The maximum Gasteiger partial charge on any atom is 0.206 e. The monoisotopic (exact) mass is 156 g/mol. The predicted molar refractivity (Wildman–Crippen MR) is 42.5 cm³/mol. The van der Waals surface area contributed by atoms with Crippen LogP contribution in [0.1, 0.15) is 0 Å². The zero-order valence-electron chi connectivity index (χ0n) is 5.40. The van der Waals surface area contributed by atoms with Crippen LogP contribution < -0.4 is 0 Å². The van der Waals surface area contributed by atoms with Gasteiger partial charge in [0, 0.05) is 5.87 Å². The number of hydrogen-bond donors (Lipinski definition) is 0. The smallest absolute Gasteiger partial charge is 0.185 e. The molecule has 54 valence electrons. The summed E-state index contributed by atoms with van der Waals surface area (Å²) in [6.45, 7) is 0. The van der Waals surface area contributed by atoms with Gasteiger partial charge in [0.2, 0.25) is 10.3 Å². The first-order chi connectivity index (χ1) is 4.73. The van der Waals surface area contributed by atoms with Gasteiger partial charge in [0.25, 0.3) is 0 Å². The summed E-state index contributed by atoms with van der Waals surface area (Å²) < 4.78 is 17.8. The minimum atomic E-state index is -2.11. The zero-order chi connectivity index (χ0) is 7.82. The summed E-state index contributed by atoms with van der Waals surface area (Å²) in [6.07, 6.45) is 0. The first-order valence-corrected chi connectivity index (χ1v) is 3.87. The minimum absolute atomic E-state index is 2.00. The molecule has 0 spiro atoms. The number of rotatable bonds is 0. The van der Waals surface area contributed by atoms with Crippen molar-refractivity contribution in [2.24, 2.45) is 0 Å². The second-order valence-corrected chi connectivity index (χ2v) is 2.07. The average Bonchev–Trinajstić information content (AvgIpc) is 1.90. The molecule has 10 heavy (non-hydrogen) atoms. The summed E-state index contributed by atoms with van der Waals surface area (Å²) in [5, 5.41) is 0. The highest BCUT2D eigenvalue weighted by atomic mass is 32.2. The van der Waals surface area contributed by atoms with Gasteiger partial charge in [-0.05, 0) is 0 Å².